The minimum atomic E-state index is -0.101. The summed E-state index contributed by atoms with van der Waals surface area (Å²) in [5.74, 6) is 0. The van der Waals surface area contributed by atoms with Gasteiger partial charge < -0.3 is 4.57 Å². The number of hydrogen-bond acceptors (Lipinski definition) is 2. The van der Waals surface area contributed by atoms with Crippen LogP contribution in [0.5, 0.6) is 0 Å². The van der Waals surface area contributed by atoms with Gasteiger partial charge in [-0.25, -0.2) is 4.98 Å². The second kappa shape index (κ2) is 6.73. The molecule has 0 amide bonds. The standard InChI is InChI=1S/C21H21N3S/c1-17-18(2)23(16-22-17)15-20-13-14-25(21-11-7-4-8-12-21)24(20)19-9-5-3-6-10-19/h3-14,16H,15H2,1-2H3. The summed E-state index contributed by atoms with van der Waals surface area (Å²) in [7, 11) is -0.101. The molecule has 4 rings (SSSR count). The normalized spacial score (nSPS) is 16.6. The Labute approximate surface area is 151 Å². The fraction of sp³-hybridized carbons (Fsp3) is 0.143. The van der Waals surface area contributed by atoms with Crippen LogP contribution in [0.15, 0.2) is 83.7 Å². The number of aryl methyl sites for hydroxylation is 1. The maximum absolute atomic E-state index is 4.44. The van der Waals surface area contributed by atoms with Gasteiger partial charge in [-0.1, -0.05) is 47.1 Å². The zero-order valence-electron chi connectivity index (χ0n) is 14.5. The van der Waals surface area contributed by atoms with E-state index in [2.05, 4.69) is 99.8 Å². The number of nitrogens with zero attached hydrogens (tertiary/aromatic N) is 3. The van der Waals surface area contributed by atoms with Gasteiger partial charge in [0.15, 0.2) is 0 Å². The Kier molecular flexibility index (Phi) is 4.28. The number of hydrogen-bond donors (Lipinski definition) is 0. The number of benzene rings is 2. The van der Waals surface area contributed by atoms with Crippen molar-refractivity contribution in [3.8, 4) is 0 Å². The van der Waals surface area contributed by atoms with E-state index >= 15 is 0 Å². The lowest BCUT2D eigenvalue weighted by Crippen LogP contribution is -2.18. The first-order chi connectivity index (χ1) is 12.2. The van der Waals surface area contributed by atoms with E-state index in [9.17, 15) is 0 Å². The summed E-state index contributed by atoms with van der Waals surface area (Å²) in [5.41, 5.74) is 4.83. The summed E-state index contributed by atoms with van der Waals surface area (Å²) >= 11 is 0. The highest BCUT2D eigenvalue weighted by atomic mass is 32.2. The fourth-order valence-electron chi connectivity index (χ4n) is 2.98. The Balaban J connectivity index is 1.71. The Hall–Kier alpha value is -2.59. The van der Waals surface area contributed by atoms with Gasteiger partial charge >= 0.3 is 0 Å². The van der Waals surface area contributed by atoms with Crippen LogP contribution in [0.4, 0.5) is 5.69 Å². The summed E-state index contributed by atoms with van der Waals surface area (Å²) in [6, 6.07) is 21.3. The van der Waals surface area contributed by atoms with Crippen LogP contribution in [0, 0.1) is 13.8 Å². The van der Waals surface area contributed by atoms with Gasteiger partial charge in [-0.3, -0.25) is 4.31 Å². The highest BCUT2D eigenvalue weighted by Crippen LogP contribution is 2.41. The van der Waals surface area contributed by atoms with E-state index in [0.29, 0.717) is 0 Å². The molecular weight excluding hydrogens is 326 g/mol. The molecule has 2 heterocycles. The van der Waals surface area contributed by atoms with Gasteiger partial charge in [0.1, 0.15) is 0 Å². The van der Waals surface area contributed by atoms with E-state index in [1.54, 1.807) is 0 Å². The molecule has 126 valence electrons. The maximum atomic E-state index is 4.44. The van der Waals surface area contributed by atoms with E-state index in [1.807, 2.05) is 6.33 Å². The van der Waals surface area contributed by atoms with Gasteiger partial charge in [0.2, 0.25) is 0 Å². The van der Waals surface area contributed by atoms with Crippen LogP contribution >= 0.6 is 10.7 Å². The average molecular weight is 347 g/mol. The Bertz CT molecular complexity index is 940. The van der Waals surface area contributed by atoms with Gasteiger partial charge in [-0.2, -0.15) is 0 Å². The molecule has 0 saturated carbocycles. The van der Waals surface area contributed by atoms with Gasteiger partial charge in [-0.15, -0.1) is 0 Å². The van der Waals surface area contributed by atoms with Crippen molar-refractivity contribution in [2.24, 2.45) is 0 Å². The first kappa shape index (κ1) is 15.9. The zero-order chi connectivity index (χ0) is 17.2. The molecule has 0 bridgehead atoms. The summed E-state index contributed by atoms with van der Waals surface area (Å²) < 4.78 is 4.67. The molecule has 3 nitrogen and oxygen atoms in total. The molecule has 1 aliphatic rings. The topological polar surface area (TPSA) is 21.1 Å². The van der Waals surface area contributed by atoms with Crippen molar-refractivity contribution in [1.29, 1.82) is 0 Å². The molecule has 1 unspecified atom stereocenters. The monoisotopic (exact) mass is 347 g/mol. The highest BCUT2D eigenvalue weighted by molar-refractivity contribution is 8.16. The lowest BCUT2D eigenvalue weighted by Gasteiger charge is -2.27. The van der Waals surface area contributed by atoms with Crippen molar-refractivity contribution < 1.29 is 0 Å². The largest absolute Gasteiger partial charge is 0.329 e. The third-order valence-corrected chi connectivity index (χ3v) is 6.49. The third kappa shape index (κ3) is 3.05. The molecule has 0 fully saturated rings. The van der Waals surface area contributed by atoms with Gasteiger partial charge in [0, 0.05) is 10.6 Å². The quantitative estimate of drug-likeness (QED) is 0.623. The Morgan fingerprint density at radius 2 is 1.60 bits per heavy atom. The predicted octanol–water partition coefficient (Wildman–Crippen LogP) is 4.95. The zero-order valence-corrected chi connectivity index (χ0v) is 15.3. The van der Waals surface area contributed by atoms with E-state index in [4.69, 9.17) is 0 Å². The third-order valence-electron chi connectivity index (χ3n) is 4.50. The van der Waals surface area contributed by atoms with Gasteiger partial charge in [0.05, 0.1) is 30.0 Å². The lowest BCUT2D eigenvalue weighted by molar-refractivity contribution is 0.751. The molecule has 0 aliphatic carbocycles. The van der Waals surface area contributed by atoms with Crippen molar-refractivity contribution in [3.05, 3.63) is 90.2 Å². The highest BCUT2D eigenvalue weighted by Gasteiger charge is 2.22. The van der Waals surface area contributed by atoms with Crippen molar-refractivity contribution >= 4 is 21.7 Å². The molecule has 1 aromatic heterocycles. The molecule has 0 N–H and O–H groups in total. The minimum Gasteiger partial charge on any atom is -0.329 e. The molecule has 0 saturated heterocycles. The molecule has 2 aromatic carbocycles. The first-order valence-corrected chi connectivity index (χ1v) is 9.64. The minimum absolute atomic E-state index is 0.101. The van der Waals surface area contributed by atoms with Crippen LogP contribution in [-0.2, 0) is 6.54 Å². The van der Waals surface area contributed by atoms with Crippen molar-refractivity contribution in [2.75, 3.05) is 4.31 Å². The van der Waals surface area contributed by atoms with E-state index < -0.39 is 0 Å². The number of anilines is 1. The molecule has 25 heavy (non-hydrogen) atoms. The SMILES string of the molecule is Cc1ncn(CC2=CC=S(c3ccccc3)N2c2ccccc2)c1C. The van der Waals surface area contributed by atoms with E-state index in [-0.39, 0.29) is 10.7 Å². The van der Waals surface area contributed by atoms with Crippen LogP contribution in [0.3, 0.4) is 0 Å². The van der Waals surface area contributed by atoms with E-state index in [1.165, 1.54) is 22.0 Å². The van der Waals surface area contributed by atoms with E-state index in [0.717, 1.165) is 12.2 Å². The molecule has 0 spiro atoms. The van der Waals surface area contributed by atoms with Crippen molar-refractivity contribution in [1.82, 2.24) is 9.55 Å². The van der Waals surface area contributed by atoms with Gasteiger partial charge in [0.25, 0.3) is 0 Å². The summed E-state index contributed by atoms with van der Waals surface area (Å²) in [5, 5.41) is 2.32. The smallest absolute Gasteiger partial charge is 0.0955 e. The van der Waals surface area contributed by atoms with Crippen molar-refractivity contribution in [2.45, 2.75) is 25.3 Å². The number of para-hydroxylation sites is 1. The number of allylic oxidation sites excluding steroid dienone is 2. The number of rotatable bonds is 4. The second-order valence-corrected chi connectivity index (χ2v) is 7.83. The fourth-order valence-corrected chi connectivity index (χ4v) is 4.91. The summed E-state index contributed by atoms with van der Waals surface area (Å²) in [6.07, 6.45) is 4.20. The number of imidazole rings is 1. The van der Waals surface area contributed by atoms with Crippen molar-refractivity contribution in [3.63, 3.8) is 0 Å². The summed E-state index contributed by atoms with van der Waals surface area (Å²) in [6.45, 7) is 5.02. The molecule has 0 radical (unpaired) electrons. The first-order valence-electron chi connectivity index (χ1n) is 8.40. The molecular formula is C21H21N3S. The Morgan fingerprint density at radius 1 is 0.920 bits per heavy atom. The molecule has 1 aliphatic heterocycles. The second-order valence-electron chi connectivity index (χ2n) is 6.09. The lowest BCUT2D eigenvalue weighted by atomic mass is 10.3. The molecule has 4 heteroatoms. The summed E-state index contributed by atoms with van der Waals surface area (Å²) in [4.78, 5) is 5.77. The predicted molar refractivity (Wildman–Crippen MR) is 107 cm³/mol. The Morgan fingerprint density at radius 3 is 2.24 bits per heavy atom. The average Bonchev–Trinajstić information content (AvgIpc) is 3.22. The maximum Gasteiger partial charge on any atom is 0.0955 e. The van der Waals surface area contributed by atoms with Crippen LogP contribution < -0.4 is 4.31 Å². The van der Waals surface area contributed by atoms with Crippen LogP contribution in [0.1, 0.15) is 11.4 Å². The molecule has 3 aromatic rings. The molecule has 1 atom stereocenters. The van der Waals surface area contributed by atoms with Crippen LogP contribution in [0.2, 0.25) is 0 Å². The van der Waals surface area contributed by atoms with Crippen LogP contribution in [0.25, 0.3) is 0 Å². The van der Waals surface area contributed by atoms with Crippen LogP contribution in [-0.4, -0.2) is 14.9 Å². The number of aromatic nitrogens is 2. The van der Waals surface area contributed by atoms with Gasteiger partial charge in [-0.05, 0) is 49.6 Å².